The predicted molar refractivity (Wildman–Crippen MR) is 117 cm³/mol. The van der Waals surface area contributed by atoms with Gasteiger partial charge in [0.1, 0.15) is 6.61 Å². The molecule has 5 nitrogen and oxygen atoms in total. The highest BCUT2D eigenvalue weighted by atomic mass is 28.4. The van der Waals surface area contributed by atoms with Crippen molar-refractivity contribution in [2.45, 2.75) is 90.5 Å². The van der Waals surface area contributed by atoms with E-state index >= 15 is 0 Å². The molecule has 2 fully saturated rings. The third-order valence-corrected chi connectivity index (χ3v) is 14.1. The molecule has 164 valence electrons. The quantitative estimate of drug-likeness (QED) is 0.419. The van der Waals surface area contributed by atoms with Crippen molar-refractivity contribution < 1.29 is 18.8 Å². The van der Waals surface area contributed by atoms with Crippen molar-refractivity contribution in [2.75, 3.05) is 13.2 Å². The van der Waals surface area contributed by atoms with Crippen molar-refractivity contribution >= 4 is 20.3 Å². The number of carbonyl (C=O) groups is 2. The second kappa shape index (κ2) is 7.84. The van der Waals surface area contributed by atoms with Crippen LogP contribution in [0.4, 0.5) is 4.79 Å². The van der Waals surface area contributed by atoms with Crippen molar-refractivity contribution in [1.82, 2.24) is 4.90 Å². The lowest BCUT2D eigenvalue weighted by atomic mass is 9.57. The van der Waals surface area contributed by atoms with Gasteiger partial charge in [-0.3, -0.25) is 4.79 Å². The number of rotatable bonds is 6. The Balaban J connectivity index is 2.09. The Bertz CT molecular complexity index is 679. The minimum Gasteiger partial charge on any atom is -0.447 e. The average molecular weight is 422 g/mol. The number of fused-ring (bicyclic) bond motifs is 2. The summed E-state index contributed by atoms with van der Waals surface area (Å²) in [5.41, 5.74) is 2.05. The van der Waals surface area contributed by atoms with E-state index in [4.69, 9.17) is 9.16 Å². The van der Waals surface area contributed by atoms with Crippen molar-refractivity contribution in [3.63, 3.8) is 0 Å². The second-order valence-electron chi connectivity index (χ2n) is 10.3. The van der Waals surface area contributed by atoms with Crippen molar-refractivity contribution in [2.24, 2.45) is 17.8 Å². The van der Waals surface area contributed by atoms with E-state index in [0.717, 1.165) is 12.8 Å². The number of hydrogen-bond acceptors (Lipinski definition) is 4. The van der Waals surface area contributed by atoms with E-state index in [-0.39, 0.29) is 17.7 Å². The maximum absolute atomic E-state index is 13.6. The zero-order chi connectivity index (χ0) is 21.7. The number of amides is 2. The molecule has 0 N–H and O–H groups in total. The molecule has 1 aliphatic heterocycles. The van der Waals surface area contributed by atoms with E-state index in [2.05, 4.69) is 61.5 Å². The molecule has 1 heterocycles. The number of carbonyl (C=O) groups excluding carboxylic acids is 2. The molecule has 3 aliphatic carbocycles. The van der Waals surface area contributed by atoms with Gasteiger partial charge in [0, 0.05) is 0 Å². The number of hydrogen-bond donors (Lipinski definition) is 0. The molecule has 6 heteroatoms. The summed E-state index contributed by atoms with van der Waals surface area (Å²) in [6, 6.07) is 0. The molecule has 29 heavy (non-hydrogen) atoms. The van der Waals surface area contributed by atoms with E-state index in [1.54, 1.807) is 0 Å². The van der Waals surface area contributed by atoms with Gasteiger partial charge in [0.15, 0.2) is 0 Å². The van der Waals surface area contributed by atoms with Gasteiger partial charge in [0.05, 0.1) is 18.1 Å². The van der Waals surface area contributed by atoms with E-state index in [1.807, 2.05) is 0 Å². The molecule has 0 aromatic carbocycles. The standard InChI is InChI=1S/C23H39NO4Si/c1-14(2)29(15(3)4,16(5)6)28-23-10-9-19(17(7)13-23)18(8)20(23)21(25)24-11-12-27-22(24)26/h13-16,18-20H,9-12H2,1-8H3/t18-,19-,20-,23-/m0/s1. The van der Waals surface area contributed by atoms with Gasteiger partial charge in [-0.2, -0.15) is 0 Å². The summed E-state index contributed by atoms with van der Waals surface area (Å²) >= 11 is 0. The predicted octanol–water partition coefficient (Wildman–Crippen LogP) is 5.52. The Kier molecular flexibility index (Phi) is 6.09. The molecule has 0 unspecified atom stereocenters. The van der Waals surface area contributed by atoms with Crippen LogP contribution in [0.1, 0.15) is 68.2 Å². The van der Waals surface area contributed by atoms with Crippen LogP contribution < -0.4 is 0 Å². The van der Waals surface area contributed by atoms with Crippen LogP contribution in [0.25, 0.3) is 0 Å². The third kappa shape index (κ3) is 3.40. The molecule has 2 bridgehead atoms. The summed E-state index contributed by atoms with van der Waals surface area (Å²) in [6.07, 6.45) is 3.68. The summed E-state index contributed by atoms with van der Waals surface area (Å²) in [7, 11) is -2.22. The zero-order valence-electron chi connectivity index (χ0n) is 19.5. The number of ether oxygens (including phenoxy) is 1. The van der Waals surface area contributed by atoms with Gasteiger partial charge >= 0.3 is 6.09 Å². The highest BCUT2D eigenvalue weighted by Crippen LogP contribution is 2.56. The Morgan fingerprint density at radius 2 is 1.79 bits per heavy atom. The van der Waals surface area contributed by atoms with Gasteiger partial charge in [-0.15, -0.1) is 0 Å². The van der Waals surface area contributed by atoms with Crippen molar-refractivity contribution in [3.8, 4) is 0 Å². The van der Waals surface area contributed by atoms with E-state index in [0.29, 0.717) is 35.7 Å². The third-order valence-electron chi connectivity index (χ3n) is 7.96. The van der Waals surface area contributed by atoms with Crippen LogP contribution in [0, 0.1) is 17.8 Å². The van der Waals surface area contributed by atoms with E-state index in [9.17, 15) is 9.59 Å². The minimum absolute atomic E-state index is 0.104. The average Bonchev–Trinajstić information content (AvgIpc) is 3.04. The van der Waals surface area contributed by atoms with E-state index < -0.39 is 20.0 Å². The van der Waals surface area contributed by atoms with Gasteiger partial charge in [-0.1, -0.05) is 60.1 Å². The van der Waals surface area contributed by atoms with Crippen molar-refractivity contribution in [3.05, 3.63) is 11.6 Å². The summed E-state index contributed by atoms with van der Waals surface area (Å²) in [5, 5.41) is 0. The molecule has 1 saturated heterocycles. The van der Waals surface area contributed by atoms with Crippen LogP contribution in [0.2, 0.25) is 16.6 Å². The lowest BCUT2D eigenvalue weighted by Crippen LogP contribution is -2.64. The first kappa shape index (κ1) is 22.5. The summed E-state index contributed by atoms with van der Waals surface area (Å²) in [6.45, 7) is 18.7. The van der Waals surface area contributed by atoms with Gasteiger partial charge in [-0.25, -0.2) is 9.69 Å². The normalized spacial score (nSPS) is 32.4. The number of cyclic esters (lactones) is 1. The Morgan fingerprint density at radius 3 is 2.24 bits per heavy atom. The maximum atomic E-state index is 13.6. The highest BCUT2D eigenvalue weighted by Gasteiger charge is 2.60. The Hall–Kier alpha value is -1.14. The Labute approximate surface area is 177 Å². The van der Waals surface area contributed by atoms with Gasteiger partial charge in [0.2, 0.25) is 14.2 Å². The molecule has 4 atom stereocenters. The molecule has 0 spiro atoms. The fourth-order valence-electron chi connectivity index (χ4n) is 6.80. The SMILES string of the molecule is CC1=C[C@@]2(O[Si](C(C)C)(C(C)C)C(C)C)CC[C@@H]1[C@H](C)[C@H]2C(=O)N1CCOC1=O. The highest BCUT2D eigenvalue weighted by molar-refractivity contribution is 6.77. The Morgan fingerprint density at radius 1 is 1.21 bits per heavy atom. The molecule has 0 aromatic rings. The summed E-state index contributed by atoms with van der Waals surface area (Å²) in [5.74, 6) is 0.125. The van der Waals surface area contributed by atoms with Crippen molar-refractivity contribution in [1.29, 1.82) is 0 Å². The smallest absolute Gasteiger partial charge is 0.416 e. The fourth-order valence-corrected chi connectivity index (χ4v) is 12.4. The van der Waals surface area contributed by atoms with E-state index in [1.165, 1.54) is 10.5 Å². The van der Waals surface area contributed by atoms with Crippen LogP contribution >= 0.6 is 0 Å². The molecule has 0 radical (unpaired) electrons. The van der Waals surface area contributed by atoms with Crippen LogP contribution in [-0.4, -0.2) is 44.0 Å². The first-order valence-corrected chi connectivity index (χ1v) is 13.5. The van der Waals surface area contributed by atoms with Crippen LogP contribution in [0.3, 0.4) is 0 Å². The lowest BCUT2D eigenvalue weighted by Gasteiger charge is -2.58. The molecule has 2 amide bonds. The van der Waals surface area contributed by atoms with Gasteiger partial charge < -0.3 is 9.16 Å². The summed E-state index contributed by atoms with van der Waals surface area (Å²) in [4.78, 5) is 27.2. The molecule has 4 aliphatic rings. The molecule has 1 saturated carbocycles. The topological polar surface area (TPSA) is 55.8 Å². The molecule has 0 aromatic heterocycles. The monoisotopic (exact) mass is 421 g/mol. The first-order valence-electron chi connectivity index (χ1n) is 11.4. The number of nitrogens with zero attached hydrogens (tertiary/aromatic N) is 1. The number of allylic oxidation sites excluding steroid dienone is 1. The maximum Gasteiger partial charge on any atom is 0.416 e. The molecular formula is C23H39NO4Si. The minimum atomic E-state index is -2.22. The second-order valence-corrected chi connectivity index (χ2v) is 15.7. The lowest BCUT2D eigenvalue weighted by molar-refractivity contribution is -0.148. The van der Waals surface area contributed by atoms with Crippen LogP contribution in [-0.2, 0) is 14.0 Å². The zero-order valence-corrected chi connectivity index (χ0v) is 20.5. The summed E-state index contributed by atoms with van der Waals surface area (Å²) < 4.78 is 12.5. The number of imide groups is 1. The van der Waals surface area contributed by atoms with Crippen LogP contribution in [0.15, 0.2) is 11.6 Å². The van der Waals surface area contributed by atoms with Gasteiger partial charge in [-0.05, 0) is 48.2 Å². The molecule has 4 rings (SSSR count). The van der Waals surface area contributed by atoms with Crippen LogP contribution in [0.5, 0.6) is 0 Å². The largest absolute Gasteiger partial charge is 0.447 e. The first-order chi connectivity index (χ1) is 13.5. The fraction of sp³-hybridized carbons (Fsp3) is 0.826. The van der Waals surface area contributed by atoms with Gasteiger partial charge in [0.25, 0.3) is 0 Å². The molecular weight excluding hydrogens is 382 g/mol.